The fourth-order valence-electron chi connectivity index (χ4n) is 2.51. The van der Waals surface area contributed by atoms with Crippen LogP contribution in [0.2, 0.25) is 0 Å². The average Bonchev–Trinajstić information content (AvgIpc) is 2.40. The summed E-state index contributed by atoms with van der Waals surface area (Å²) in [5, 5.41) is 6.38. The molecule has 1 fully saturated rings. The smallest absolute Gasteiger partial charge is 0.231 e. The molecule has 3 heteroatoms. The second-order valence-corrected chi connectivity index (χ2v) is 6.08. The zero-order valence-corrected chi connectivity index (χ0v) is 12.1. The van der Waals surface area contributed by atoms with E-state index in [0.29, 0.717) is 5.92 Å². The first-order valence-electron chi connectivity index (χ1n) is 7.13. The van der Waals surface area contributed by atoms with E-state index in [9.17, 15) is 4.79 Å². The van der Waals surface area contributed by atoms with Crippen LogP contribution in [-0.2, 0) is 4.79 Å². The normalized spacial score (nSPS) is 23.4. The monoisotopic (exact) mass is 260 g/mol. The summed E-state index contributed by atoms with van der Waals surface area (Å²) in [4.78, 5) is 12.4. The van der Waals surface area contributed by atoms with Gasteiger partial charge in [-0.2, -0.15) is 0 Å². The molecule has 3 nitrogen and oxygen atoms in total. The van der Waals surface area contributed by atoms with Crippen molar-refractivity contribution in [2.75, 3.05) is 18.4 Å². The SMILES string of the molecule is CC(C)c1cccc(NC(=O)C2(C)CCCNC2)c1. The van der Waals surface area contributed by atoms with Gasteiger partial charge in [0.25, 0.3) is 0 Å². The molecule has 1 amide bonds. The number of piperidine rings is 1. The molecule has 1 aliphatic heterocycles. The number of hydrogen-bond donors (Lipinski definition) is 2. The Bertz CT molecular complexity index is 448. The average molecular weight is 260 g/mol. The highest BCUT2D eigenvalue weighted by molar-refractivity contribution is 5.95. The number of benzene rings is 1. The Labute approximate surface area is 115 Å². The summed E-state index contributed by atoms with van der Waals surface area (Å²) in [5.74, 6) is 0.601. The van der Waals surface area contributed by atoms with E-state index in [1.807, 2.05) is 19.1 Å². The van der Waals surface area contributed by atoms with Crippen LogP contribution in [0.3, 0.4) is 0 Å². The van der Waals surface area contributed by atoms with Gasteiger partial charge in [0.2, 0.25) is 5.91 Å². The van der Waals surface area contributed by atoms with Crippen LogP contribution in [0.15, 0.2) is 24.3 Å². The van der Waals surface area contributed by atoms with Gasteiger partial charge in [-0.3, -0.25) is 4.79 Å². The van der Waals surface area contributed by atoms with Crippen LogP contribution in [0.1, 0.15) is 45.1 Å². The van der Waals surface area contributed by atoms with Gasteiger partial charge in [-0.15, -0.1) is 0 Å². The number of nitrogens with one attached hydrogen (secondary N) is 2. The summed E-state index contributed by atoms with van der Waals surface area (Å²) >= 11 is 0. The van der Waals surface area contributed by atoms with Gasteiger partial charge in [-0.1, -0.05) is 26.0 Å². The summed E-state index contributed by atoms with van der Waals surface area (Å²) in [5.41, 5.74) is 1.87. The van der Waals surface area contributed by atoms with Crippen molar-refractivity contribution >= 4 is 11.6 Å². The van der Waals surface area contributed by atoms with E-state index >= 15 is 0 Å². The molecule has 1 unspecified atom stereocenters. The van der Waals surface area contributed by atoms with E-state index in [1.54, 1.807) is 0 Å². The number of rotatable bonds is 3. The Morgan fingerprint density at radius 2 is 2.21 bits per heavy atom. The molecule has 1 heterocycles. The van der Waals surface area contributed by atoms with Crippen LogP contribution in [-0.4, -0.2) is 19.0 Å². The highest BCUT2D eigenvalue weighted by Gasteiger charge is 2.34. The molecule has 0 bridgehead atoms. The number of carbonyl (C=O) groups excluding carboxylic acids is 1. The molecule has 0 aliphatic carbocycles. The first kappa shape index (κ1) is 14.1. The maximum Gasteiger partial charge on any atom is 0.231 e. The Kier molecular flexibility index (Phi) is 4.25. The third-order valence-corrected chi connectivity index (χ3v) is 3.96. The molecule has 1 aliphatic rings. The van der Waals surface area contributed by atoms with Gasteiger partial charge in [0.15, 0.2) is 0 Å². The Morgan fingerprint density at radius 1 is 1.42 bits per heavy atom. The summed E-state index contributed by atoms with van der Waals surface area (Å²) in [6.45, 7) is 8.15. The molecule has 0 saturated carbocycles. The lowest BCUT2D eigenvalue weighted by atomic mass is 9.82. The van der Waals surface area contributed by atoms with Gasteiger partial charge in [-0.05, 0) is 49.9 Å². The number of amides is 1. The van der Waals surface area contributed by atoms with E-state index in [4.69, 9.17) is 0 Å². The molecular weight excluding hydrogens is 236 g/mol. The van der Waals surface area contributed by atoms with E-state index in [-0.39, 0.29) is 11.3 Å². The predicted octanol–water partition coefficient (Wildman–Crippen LogP) is 3.14. The topological polar surface area (TPSA) is 41.1 Å². The Morgan fingerprint density at radius 3 is 2.84 bits per heavy atom. The van der Waals surface area contributed by atoms with Gasteiger partial charge in [-0.25, -0.2) is 0 Å². The zero-order valence-electron chi connectivity index (χ0n) is 12.1. The molecular formula is C16H24N2O. The number of anilines is 1. The molecule has 104 valence electrons. The van der Waals surface area contributed by atoms with Crippen LogP contribution in [0, 0.1) is 5.41 Å². The summed E-state index contributed by atoms with van der Waals surface area (Å²) in [6.07, 6.45) is 2.02. The highest BCUT2D eigenvalue weighted by atomic mass is 16.2. The molecule has 19 heavy (non-hydrogen) atoms. The van der Waals surface area contributed by atoms with Crippen molar-refractivity contribution in [3.05, 3.63) is 29.8 Å². The minimum absolute atomic E-state index is 0.126. The quantitative estimate of drug-likeness (QED) is 0.876. The lowest BCUT2D eigenvalue weighted by molar-refractivity contribution is -0.125. The van der Waals surface area contributed by atoms with Crippen molar-refractivity contribution in [1.29, 1.82) is 0 Å². The van der Waals surface area contributed by atoms with Crippen molar-refractivity contribution in [3.8, 4) is 0 Å². The molecule has 2 rings (SSSR count). The van der Waals surface area contributed by atoms with Crippen molar-refractivity contribution in [3.63, 3.8) is 0 Å². The van der Waals surface area contributed by atoms with E-state index < -0.39 is 0 Å². The van der Waals surface area contributed by atoms with Crippen molar-refractivity contribution in [1.82, 2.24) is 5.32 Å². The molecule has 0 radical (unpaired) electrons. The van der Waals surface area contributed by atoms with Crippen LogP contribution in [0.25, 0.3) is 0 Å². The molecule has 0 spiro atoms. The second-order valence-electron chi connectivity index (χ2n) is 6.08. The maximum atomic E-state index is 12.4. The predicted molar refractivity (Wildman–Crippen MR) is 79.4 cm³/mol. The molecule has 1 atom stereocenters. The van der Waals surface area contributed by atoms with Crippen LogP contribution in [0.5, 0.6) is 0 Å². The van der Waals surface area contributed by atoms with Gasteiger partial charge in [0.05, 0.1) is 5.41 Å². The summed E-state index contributed by atoms with van der Waals surface area (Å²) in [6, 6.07) is 8.14. The van der Waals surface area contributed by atoms with Gasteiger partial charge in [0, 0.05) is 12.2 Å². The van der Waals surface area contributed by atoms with Crippen LogP contribution < -0.4 is 10.6 Å². The minimum Gasteiger partial charge on any atom is -0.326 e. The first-order chi connectivity index (χ1) is 9.01. The fraction of sp³-hybridized carbons (Fsp3) is 0.562. The van der Waals surface area contributed by atoms with E-state index in [0.717, 1.165) is 31.6 Å². The van der Waals surface area contributed by atoms with Crippen molar-refractivity contribution in [2.24, 2.45) is 5.41 Å². The molecule has 1 saturated heterocycles. The van der Waals surface area contributed by atoms with Crippen LogP contribution in [0.4, 0.5) is 5.69 Å². The van der Waals surface area contributed by atoms with Gasteiger partial charge < -0.3 is 10.6 Å². The lowest BCUT2D eigenvalue weighted by Gasteiger charge is -2.32. The lowest BCUT2D eigenvalue weighted by Crippen LogP contribution is -2.46. The molecule has 2 N–H and O–H groups in total. The number of hydrogen-bond acceptors (Lipinski definition) is 2. The largest absolute Gasteiger partial charge is 0.326 e. The van der Waals surface area contributed by atoms with E-state index in [1.165, 1.54) is 5.56 Å². The Balaban J connectivity index is 2.08. The van der Waals surface area contributed by atoms with E-state index in [2.05, 4.69) is 36.6 Å². The Hall–Kier alpha value is -1.35. The first-order valence-corrected chi connectivity index (χ1v) is 7.13. The standard InChI is InChI=1S/C16H24N2O/c1-12(2)13-6-4-7-14(10-13)18-15(19)16(3)8-5-9-17-11-16/h4,6-7,10,12,17H,5,8-9,11H2,1-3H3,(H,18,19). The molecule has 1 aromatic rings. The number of carbonyl (C=O) groups is 1. The molecule has 1 aromatic carbocycles. The minimum atomic E-state index is -0.286. The van der Waals surface area contributed by atoms with Gasteiger partial charge >= 0.3 is 0 Å². The summed E-state index contributed by atoms with van der Waals surface area (Å²) < 4.78 is 0. The highest BCUT2D eigenvalue weighted by Crippen LogP contribution is 2.28. The second kappa shape index (κ2) is 5.74. The van der Waals surface area contributed by atoms with Crippen molar-refractivity contribution in [2.45, 2.75) is 39.5 Å². The third-order valence-electron chi connectivity index (χ3n) is 3.96. The van der Waals surface area contributed by atoms with Crippen molar-refractivity contribution < 1.29 is 4.79 Å². The fourth-order valence-corrected chi connectivity index (χ4v) is 2.51. The third kappa shape index (κ3) is 3.35. The molecule has 0 aromatic heterocycles. The summed E-state index contributed by atoms with van der Waals surface area (Å²) in [7, 11) is 0. The van der Waals surface area contributed by atoms with Gasteiger partial charge in [0.1, 0.15) is 0 Å². The maximum absolute atomic E-state index is 12.4. The van der Waals surface area contributed by atoms with Crippen LogP contribution >= 0.6 is 0 Å². The zero-order chi connectivity index (χ0) is 13.9.